The zero-order chi connectivity index (χ0) is 11.9. The molecule has 90 valence electrons. The summed E-state index contributed by atoms with van der Waals surface area (Å²) in [6.45, 7) is 6.90. The fourth-order valence-electron chi connectivity index (χ4n) is 2.48. The SMILES string of the molecule is CC(C)CN1CC(=O)NC(C)(C2CC2)C1=O. The Kier molecular flexibility index (Phi) is 2.68. The first kappa shape index (κ1) is 11.4. The minimum atomic E-state index is -0.635. The molecule has 0 aromatic rings. The van der Waals surface area contributed by atoms with Crippen molar-refractivity contribution in [3.8, 4) is 0 Å². The third kappa shape index (κ3) is 1.93. The summed E-state index contributed by atoms with van der Waals surface area (Å²) >= 11 is 0. The van der Waals surface area contributed by atoms with E-state index in [0.29, 0.717) is 18.4 Å². The van der Waals surface area contributed by atoms with Crippen LogP contribution in [0.25, 0.3) is 0 Å². The maximum Gasteiger partial charge on any atom is 0.248 e. The van der Waals surface area contributed by atoms with Gasteiger partial charge in [-0.1, -0.05) is 13.8 Å². The summed E-state index contributed by atoms with van der Waals surface area (Å²) in [6.07, 6.45) is 2.11. The van der Waals surface area contributed by atoms with Crippen LogP contribution in [0.15, 0.2) is 0 Å². The molecule has 1 N–H and O–H groups in total. The van der Waals surface area contributed by atoms with Crippen LogP contribution in [0.2, 0.25) is 0 Å². The molecule has 2 fully saturated rings. The first-order valence-corrected chi connectivity index (χ1v) is 6.04. The van der Waals surface area contributed by atoms with Gasteiger partial charge in [0, 0.05) is 6.54 Å². The van der Waals surface area contributed by atoms with Gasteiger partial charge < -0.3 is 10.2 Å². The van der Waals surface area contributed by atoms with Crippen molar-refractivity contribution in [3.05, 3.63) is 0 Å². The number of nitrogens with zero attached hydrogens (tertiary/aromatic N) is 1. The van der Waals surface area contributed by atoms with Crippen molar-refractivity contribution in [2.45, 2.75) is 39.2 Å². The van der Waals surface area contributed by atoms with Crippen molar-refractivity contribution in [3.63, 3.8) is 0 Å². The van der Waals surface area contributed by atoms with Crippen molar-refractivity contribution in [1.29, 1.82) is 0 Å². The summed E-state index contributed by atoms with van der Waals surface area (Å²) < 4.78 is 0. The fraction of sp³-hybridized carbons (Fsp3) is 0.833. The van der Waals surface area contributed by atoms with E-state index in [2.05, 4.69) is 19.2 Å². The van der Waals surface area contributed by atoms with Crippen LogP contribution in [-0.2, 0) is 9.59 Å². The van der Waals surface area contributed by atoms with E-state index in [1.165, 1.54) is 0 Å². The van der Waals surface area contributed by atoms with Crippen LogP contribution in [0.3, 0.4) is 0 Å². The van der Waals surface area contributed by atoms with Gasteiger partial charge in [-0.2, -0.15) is 0 Å². The van der Waals surface area contributed by atoms with Gasteiger partial charge in [-0.3, -0.25) is 9.59 Å². The molecule has 1 aliphatic heterocycles. The van der Waals surface area contributed by atoms with Crippen molar-refractivity contribution >= 4 is 11.8 Å². The molecule has 1 atom stereocenters. The summed E-state index contributed by atoms with van der Waals surface area (Å²) in [6, 6.07) is 0. The van der Waals surface area contributed by atoms with E-state index in [1.807, 2.05) is 6.92 Å². The lowest BCUT2D eigenvalue weighted by Crippen LogP contribution is -2.66. The van der Waals surface area contributed by atoms with Crippen LogP contribution >= 0.6 is 0 Å². The Morgan fingerprint density at radius 3 is 2.56 bits per heavy atom. The van der Waals surface area contributed by atoms with E-state index >= 15 is 0 Å². The van der Waals surface area contributed by atoms with E-state index in [4.69, 9.17) is 0 Å². The predicted molar refractivity (Wildman–Crippen MR) is 60.7 cm³/mol. The Balaban J connectivity index is 2.15. The van der Waals surface area contributed by atoms with Crippen molar-refractivity contribution in [1.82, 2.24) is 10.2 Å². The Morgan fingerprint density at radius 2 is 2.06 bits per heavy atom. The molecule has 1 saturated carbocycles. The summed E-state index contributed by atoms with van der Waals surface area (Å²) in [4.78, 5) is 25.7. The van der Waals surface area contributed by atoms with E-state index < -0.39 is 5.54 Å². The van der Waals surface area contributed by atoms with Gasteiger partial charge in [0.25, 0.3) is 0 Å². The molecule has 1 saturated heterocycles. The molecule has 0 spiro atoms. The van der Waals surface area contributed by atoms with Gasteiger partial charge in [0.05, 0.1) is 6.54 Å². The molecule has 2 amide bonds. The zero-order valence-corrected chi connectivity index (χ0v) is 10.2. The number of carbonyl (C=O) groups is 2. The molecule has 1 unspecified atom stereocenters. The highest BCUT2D eigenvalue weighted by molar-refractivity contribution is 5.98. The highest BCUT2D eigenvalue weighted by Gasteiger charge is 2.52. The second-order valence-corrected chi connectivity index (χ2v) is 5.60. The minimum Gasteiger partial charge on any atom is -0.340 e. The van der Waals surface area contributed by atoms with Crippen LogP contribution in [0, 0.1) is 11.8 Å². The van der Waals surface area contributed by atoms with Crippen LogP contribution < -0.4 is 5.32 Å². The quantitative estimate of drug-likeness (QED) is 0.769. The molecule has 2 aliphatic rings. The van der Waals surface area contributed by atoms with E-state index in [-0.39, 0.29) is 18.4 Å². The van der Waals surface area contributed by atoms with Crippen molar-refractivity contribution in [2.24, 2.45) is 11.8 Å². The second kappa shape index (κ2) is 3.75. The Hall–Kier alpha value is -1.06. The number of piperazine rings is 1. The molecule has 1 aliphatic carbocycles. The van der Waals surface area contributed by atoms with E-state index in [1.54, 1.807) is 4.90 Å². The molecule has 0 aromatic heterocycles. The van der Waals surface area contributed by atoms with Gasteiger partial charge in [-0.15, -0.1) is 0 Å². The highest BCUT2D eigenvalue weighted by Crippen LogP contribution is 2.41. The van der Waals surface area contributed by atoms with Crippen LogP contribution in [-0.4, -0.2) is 35.3 Å². The number of hydrogen-bond donors (Lipinski definition) is 1. The third-order valence-electron chi connectivity index (χ3n) is 3.44. The van der Waals surface area contributed by atoms with Crippen molar-refractivity contribution < 1.29 is 9.59 Å². The number of carbonyl (C=O) groups excluding carboxylic acids is 2. The zero-order valence-electron chi connectivity index (χ0n) is 10.2. The second-order valence-electron chi connectivity index (χ2n) is 5.60. The molecule has 0 bridgehead atoms. The summed E-state index contributed by atoms with van der Waals surface area (Å²) in [5.74, 6) is 0.829. The molecule has 1 heterocycles. The first-order chi connectivity index (χ1) is 7.43. The Bertz CT molecular complexity index is 323. The van der Waals surface area contributed by atoms with Gasteiger partial charge in [-0.25, -0.2) is 0 Å². The van der Waals surface area contributed by atoms with Gasteiger partial charge in [0.2, 0.25) is 11.8 Å². The van der Waals surface area contributed by atoms with Crippen LogP contribution in [0.4, 0.5) is 0 Å². The molecular formula is C12H20N2O2. The van der Waals surface area contributed by atoms with Gasteiger partial charge in [0.15, 0.2) is 0 Å². The van der Waals surface area contributed by atoms with Crippen LogP contribution in [0.1, 0.15) is 33.6 Å². The smallest absolute Gasteiger partial charge is 0.248 e. The molecule has 2 rings (SSSR count). The monoisotopic (exact) mass is 224 g/mol. The number of nitrogens with one attached hydrogen (secondary N) is 1. The van der Waals surface area contributed by atoms with E-state index in [9.17, 15) is 9.59 Å². The maximum atomic E-state index is 12.3. The van der Waals surface area contributed by atoms with Gasteiger partial charge in [0.1, 0.15) is 5.54 Å². The third-order valence-corrected chi connectivity index (χ3v) is 3.44. The number of rotatable bonds is 3. The summed E-state index contributed by atoms with van der Waals surface area (Å²) in [5.41, 5.74) is -0.635. The Labute approximate surface area is 96.4 Å². The lowest BCUT2D eigenvalue weighted by atomic mass is 9.91. The molecular weight excluding hydrogens is 204 g/mol. The molecule has 0 radical (unpaired) electrons. The number of amides is 2. The predicted octanol–water partition coefficient (Wildman–Crippen LogP) is 0.769. The standard InChI is InChI=1S/C12H20N2O2/c1-8(2)6-14-7-10(15)13-12(3,11(14)16)9-4-5-9/h8-9H,4-7H2,1-3H3,(H,13,15). The average Bonchev–Trinajstić information content (AvgIpc) is 2.95. The summed E-state index contributed by atoms with van der Waals surface area (Å²) in [7, 11) is 0. The minimum absolute atomic E-state index is 0.0188. The lowest BCUT2D eigenvalue weighted by molar-refractivity contribution is -0.150. The largest absolute Gasteiger partial charge is 0.340 e. The van der Waals surface area contributed by atoms with Gasteiger partial charge in [-0.05, 0) is 31.6 Å². The molecule has 16 heavy (non-hydrogen) atoms. The average molecular weight is 224 g/mol. The van der Waals surface area contributed by atoms with E-state index in [0.717, 1.165) is 12.8 Å². The lowest BCUT2D eigenvalue weighted by Gasteiger charge is -2.40. The van der Waals surface area contributed by atoms with Gasteiger partial charge >= 0.3 is 0 Å². The number of hydrogen-bond acceptors (Lipinski definition) is 2. The van der Waals surface area contributed by atoms with Crippen LogP contribution in [0.5, 0.6) is 0 Å². The summed E-state index contributed by atoms with van der Waals surface area (Å²) in [5, 5.41) is 2.88. The molecule has 0 aromatic carbocycles. The first-order valence-electron chi connectivity index (χ1n) is 6.04. The Morgan fingerprint density at radius 1 is 1.44 bits per heavy atom. The normalized spacial score (nSPS) is 30.9. The molecule has 4 nitrogen and oxygen atoms in total. The van der Waals surface area contributed by atoms with Crippen molar-refractivity contribution in [2.75, 3.05) is 13.1 Å². The fourth-order valence-corrected chi connectivity index (χ4v) is 2.48. The topological polar surface area (TPSA) is 49.4 Å². The molecule has 4 heteroatoms. The highest BCUT2D eigenvalue weighted by atomic mass is 16.2. The maximum absolute atomic E-state index is 12.3.